The number of nitrogens with one attached hydrogen (secondary N) is 2. The van der Waals surface area contributed by atoms with Gasteiger partial charge in [-0.25, -0.2) is 0 Å². The van der Waals surface area contributed by atoms with Crippen LogP contribution in [0.3, 0.4) is 0 Å². The molecule has 12 heavy (non-hydrogen) atoms. The molecule has 0 aromatic heterocycles. The molecule has 0 aromatic rings. The van der Waals surface area contributed by atoms with E-state index in [1.54, 1.807) is 0 Å². The van der Waals surface area contributed by atoms with Crippen molar-refractivity contribution < 1.29 is 9.90 Å². The Morgan fingerprint density at radius 3 is 2.67 bits per heavy atom. The summed E-state index contributed by atoms with van der Waals surface area (Å²) in [4.78, 5) is 11.1. The lowest BCUT2D eigenvalue weighted by molar-refractivity contribution is -0.123. The third-order valence-corrected chi connectivity index (χ3v) is 1.45. The number of aliphatic hydroxyl groups excluding tert-OH is 1. The highest BCUT2D eigenvalue weighted by Gasteiger charge is 1.98. The highest BCUT2D eigenvalue weighted by atomic mass is 32.1. The minimum absolute atomic E-state index is 0.300. The van der Waals surface area contributed by atoms with Crippen molar-refractivity contribution in [1.29, 1.82) is 0 Å². The zero-order valence-electron chi connectivity index (χ0n) is 7.09. The van der Waals surface area contributed by atoms with Gasteiger partial charge in [0.15, 0.2) is 0 Å². The predicted octanol–water partition coefficient (Wildman–Crippen LogP) is -0.578. The van der Waals surface area contributed by atoms with Crippen LogP contribution in [0.15, 0.2) is 0 Å². The zero-order chi connectivity index (χ0) is 9.40. The van der Waals surface area contributed by atoms with Crippen LogP contribution >= 0.6 is 12.2 Å². The molecule has 0 fully saturated rings. The highest BCUT2D eigenvalue weighted by Crippen LogP contribution is 1.74. The van der Waals surface area contributed by atoms with Crippen LogP contribution in [-0.4, -0.2) is 35.7 Å². The topological polar surface area (TPSA) is 61.4 Å². The Kier molecular flexibility index (Phi) is 6.60. The second-order valence-corrected chi connectivity index (χ2v) is 2.78. The molecular formula is C7H14N2O2S. The first kappa shape index (κ1) is 11.3. The lowest BCUT2D eigenvalue weighted by Crippen LogP contribution is -2.37. The predicted molar refractivity (Wildman–Crippen MR) is 51.0 cm³/mol. The zero-order valence-corrected chi connectivity index (χ0v) is 7.91. The molecule has 0 aliphatic carbocycles. The lowest BCUT2D eigenvalue weighted by atomic mass is 10.4. The number of amides is 1. The van der Waals surface area contributed by atoms with Gasteiger partial charge in [0.05, 0.1) is 11.5 Å². The van der Waals surface area contributed by atoms with E-state index in [4.69, 9.17) is 17.3 Å². The molecule has 0 aliphatic rings. The number of carbonyl (C=O) groups excluding carboxylic acids is 1. The Labute approximate surface area is 77.3 Å². The second kappa shape index (κ2) is 7.00. The van der Waals surface area contributed by atoms with E-state index in [9.17, 15) is 4.79 Å². The second-order valence-electron chi connectivity index (χ2n) is 2.28. The summed E-state index contributed by atoms with van der Waals surface area (Å²) in [6.07, 6.45) is 0.994. The molecule has 0 bridgehead atoms. The summed E-state index contributed by atoms with van der Waals surface area (Å²) in [6, 6.07) is 0. The SMILES string of the molecule is CCCNC(=S)CNC(=O)CO. The molecule has 0 radical (unpaired) electrons. The fourth-order valence-corrected chi connectivity index (χ4v) is 0.736. The summed E-state index contributed by atoms with van der Waals surface area (Å²) in [5, 5.41) is 13.7. The smallest absolute Gasteiger partial charge is 0.246 e. The molecule has 0 aliphatic heterocycles. The molecule has 0 heterocycles. The minimum Gasteiger partial charge on any atom is -0.387 e. The van der Waals surface area contributed by atoms with Crippen molar-refractivity contribution in [2.45, 2.75) is 13.3 Å². The number of thiocarbonyl (C=S) groups is 1. The normalized spacial score (nSPS) is 9.17. The molecule has 5 heteroatoms. The molecule has 4 nitrogen and oxygen atoms in total. The van der Waals surface area contributed by atoms with Crippen LogP contribution in [0.1, 0.15) is 13.3 Å². The average molecular weight is 190 g/mol. The molecule has 0 aromatic carbocycles. The van der Waals surface area contributed by atoms with Crippen LogP contribution in [-0.2, 0) is 4.79 Å². The van der Waals surface area contributed by atoms with Crippen LogP contribution < -0.4 is 10.6 Å². The van der Waals surface area contributed by atoms with Crippen LogP contribution in [0.5, 0.6) is 0 Å². The van der Waals surface area contributed by atoms with Gasteiger partial charge in [0.25, 0.3) is 0 Å². The van der Waals surface area contributed by atoms with Crippen LogP contribution in [0.25, 0.3) is 0 Å². The number of carbonyl (C=O) groups is 1. The largest absolute Gasteiger partial charge is 0.387 e. The summed E-state index contributed by atoms with van der Waals surface area (Å²) in [5.41, 5.74) is 0. The summed E-state index contributed by atoms with van der Waals surface area (Å²) in [7, 11) is 0. The van der Waals surface area contributed by atoms with Gasteiger partial charge in [0.2, 0.25) is 5.91 Å². The van der Waals surface area contributed by atoms with Crippen molar-refractivity contribution in [1.82, 2.24) is 10.6 Å². The van der Waals surface area contributed by atoms with Crippen molar-refractivity contribution in [3.8, 4) is 0 Å². The van der Waals surface area contributed by atoms with Crippen molar-refractivity contribution in [3.63, 3.8) is 0 Å². The molecule has 0 saturated carbocycles. The summed E-state index contributed by atoms with van der Waals surface area (Å²) in [5.74, 6) is -0.407. The molecular weight excluding hydrogens is 176 g/mol. The van der Waals surface area contributed by atoms with Crippen molar-refractivity contribution in [3.05, 3.63) is 0 Å². The Morgan fingerprint density at radius 2 is 2.17 bits per heavy atom. The fourth-order valence-electron chi connectivity index (χ4n) is 0.562. The molecule has 3 N–H and O–H groups in total. The first-order chi connectivity index (χ1) is 5.70. The Hall–Kier alpha value is -0.680. The number of hydrogen-bond donors (Lipinski definition) is 3. The van der Waals surface area contributed by atoms with E-state index >= 15 is 0 Å². The number of rotatable bonds is 5. The quantitative estimate of drug-likeness (QED) is 0.508. The summed E-state index contributed by atoms with van der Waals surface area (Å²) < 4.78 is 0. The van der Waals surface area contributed by atoms with Gasteiger partial charge in [-0.1, -0.05) is 19.1 Å². The van der Waals surface area contributed by atoms with Crippen LogP contribution in [0.4, 0.5) is 0 Å². The summed E-state index contributed by atoms with van der Waals surface area (Å²) in [6.45, 7) is 2.65. The monoisotopic (exact) mass is 190 g/mol. The van der Waals surface area contributed by atoms with Crippen molar-refractivity contribution in [2.24, 2.45) is 0 Å². The fraction of sp³-hybridized carbons (Fsp3) is 0.714. The van der Waals surface area contributed by atoms with E-state index < -0.39 is 12.5 Å². The van der Waals surface area contributed by atoms with Gasteiger partial charge >= 0.3 is 0 Å². The van der Waals surface area contributed by atoms with Gasteiger partial charge in [-0.2, -0.15) is 0 Å². The van der Waals surface area contributed by atoms with Gasteiger partial charge in [-0.15, -0.1) is 0 Å². The van der Waals surface area contributed by atoms with Crippen molar-refractivity contribution >= 4 is 23.1 Å². The number of aliphatic hydroxyl groups is 1. The molecule has 0 atom stereocenters. The first-order valence-electron chi connectivity index (χ1n) is 3.85. The molecule has 0 rings (SSSR count). The average Bonchev–Trinajstić information content (AvgIpc) is 2.10. The van der Waals surface area contributed by atoms with E-state index in [0.717, 1.165) is 13.0 Å². The third kappa shape index (κ3) is 6.06. The van der Waals surface area contributed by atoms with Crippen molar-refractivity contribution in [2.75, 3.05) is 19.7 Å². The highest BCUT2D eigenvalue weighted by molar-refractivity contribution is 7.80. The van der Waals surface area contributed by atoms with Gasteiger partial charge in [0, 0.05) is 6.54 Å². The van der Waals surface area contributed by atoms with E-state index in [2.05, 4.69) is 10.6 Å². The Bertz CT molecular complexity index is 161. The van der Waals surface area contributed by atoms with Gasteiger partial charge in [-0.3, -0.25) is 4.79 Å². The molecule has 70 valence electrons. The summed E-state index contributed by atoms with van der Waals surface area (Å²) >= 11 is 4.88. The van der Waals surface area contributed by atoms with Gasteiger partial charge in [-0.05, 0) is 6.42 Å². The Balaban J connectivity index is 3.37. The lowest BCUT2D eigenvalue weighted by Gasteiger charge is -2.06. The van der Waals surface area contributed by atoms with E-state index in [1.807, 2.05) is 6.92 Å². The van der Waals surface area contributed by atoms with Gasteiger partial charge < -0.3 is 15.7 Å². The van der Waals surface area contributed by atoms with E-state index in [1.165, 1.54) is 0 Å². The maximum Gasteiger partial charge on any atom is 0.246 e. The van der Waals surface area contributed by atoms with Gasteiger partial charge in [0.1, 0.15) is 6.61 Å². The van der Waals surface area contributed by atoms with Crippen LogP contribution in [0.2, 0.25) is 0 Å². The molecule has 0 saturated heterocycles. The molecule has 1 amide bonds. The first-order valence-corrected chi connectivity index (χ1v) is 4.25. The maximum atomic E-state index is 10.5. The molecule has 0 spiro atoms. The minimum atomic E-state index is -0.490. The number of hydrogen-bond acceptors (Lipinski definition) is 3. The Morgan fingerprint density at radius 1 is 1.50 bits per heavy atom. The van der Waals surface area contributed by atoms with E-state index in [0.29, 0.717) is 11.5 Å². The molecule has 0 unspecified atom stereocenters. The maximum absolute atomic E-state index is 10.5. The van der Waals surface area contributed by atoms with Crippen LogP contribution in [0, 0.1) is 0 Å². The van der Waals surface area contributed by atoms with E-state index in [-0.39, 0.29) is 0 Å². The standard InChI is InChI=1S/C7H14N2O2S/c1-2-3-8-7(12)4-9-6(11)5-10/h10H,2-5H2,1H3,(H,8,12)(H,9,11). The third-order valence-electron chi connectivity index (χ3n) is 1.16.